The predicted octanol–water partition coefficient (Wildman–Crippen LogP) is 4.29. The van der Waals surface area contributed by atoms with Crippen molar-refractivity contribution in [1.82, 2.24) is 9.97 Å². The van der Waals surface area contributed by atoms with Gasteiger partial charge in [-0.3, -0.25) is 0 Å². The molecule has 0 saturated heterocycles. The molecule has 1 aromatic carbocycles. The first-order valence-electron chi connectivity index (χ1n) is 8.08. The molecule has 0 saturated carbocycles. The quantitative estimate of drug-likeness (QED) is 0.867. The maximum Gasteiger partial charge on any atom is 0.222 e. The molecule has 4 N–H and O–H groups in total. The molecule has 0 amide bonds. The summed E-state index contributed by atoms with van der Waals surface area (Å²) in [4.78, 5) is 7.80. The SMILES string of the molecule is CCC.COc1cc(C(C)C)c(Oc2cnc(N)nc2N)cc1C. The maximum absolute atomic E-state index is 5.88. The third kappa shape index (κ3) is 5.01. The Kier molecular flexibility index (Phi) is 7.30. The molecule has 1 aromatic heterocycles. The van der Waals surface area contributed by atoms with E-state index in [1.807, 2.05) is 19.1 Å². The van der Waals surface area contributed by atoms with Gasteiger partial charge in [-0.25, -0.2) is 4.98 Å². The summed E-state index contributed by atoms with van der Waals surface area (Å²) in [5, 5.41) is 0. The molecule has 24 heavy (non-hydrogen) atoms. The van der Waals surface area contributed by atoms with E-state index in [0.29, 0.717) is 11.5 Å². The molecule has 2 rings (SSSR count). The number of nitrogens with two attached hydrogens (primary N) is 2. The minimum Gasteiger partial charge on any atom is -0.496 e. The van der Waals surface area contributed by atoms with Crippen LogP contribution in [0.15, 0.2) is 18.3 Å². The summed E-state index contributed by atoms with van der Waals surface area (Å²) < 4.78 is 11.2. The first-order valence-corrected chi connectivity index (χ1v) is 8.08. The fourth-order valence-corrected chi connectivity index (χ4v) is 2.03. The second-order valence-electron chi connectivity index (χ2n) is 5.80. The van der Waals surface area contributed by atoms with Crippen molar-refractivity contribution in [2.24, 2.45) is 0 Å². The Morgan fingerprint density at radius 2 is 1.71 bits per heavy atom. The van der Waals surface area contributed by atoms with E-state index >= 15 is 0 Å². The zero-order chi connectivity index (χ0) is 18.3. The molecule has 0 fully saturated rings. The lowest BCUT2D eigenvalue weighted by Crippen LogP contribution is -2.03. The summed E-state index contributed by atoms with van der Waals surface area (Å²) in [5.74, 6) is 2.53. The standard InChI is InChI=1S/C15H20N4O2.C3H8/c1-8(2)10-6-11(20-4)9(3)5-12(10)21-13-7-18-15(17)19-14(13)16;1-3-2/h5-8H,1-4H3,(H4,16,17,18,19);3H2,1-2H3. The number of hydrogen-bond acceptors (Lipinski definition) is 6. The molecule has 0 radical (unpaired) electrons. The lowest BCUT2D eigenvalue weighted by Gasteiger charge is -2.17. The van der Waals surface area contributed by atoms with Crippen molar-refractivity contribution < 1.29 is 9.47 Å². The minimum atomic E-state index is 0.120. The van der Waals surface area contributed by atoms with Crippen LogP contribution < -0.4 is 20.9 Å². The highest BCUT2D eigenvalue weighted by Crippen LogP contribution is 2.36. The highest BCUT2D eigenvalue weighted by atomic mass is 16.5. The number of aryl methyl sites for hydroxylation is 1. The minimum absolute atomic E-state index is 0.120. The lowest BCUT2D eigenvalue weighted by atomic mass is 10.00. The molecular weight excluding hydrogens is 304 g/mol. The number of hydrogen-bond donors (Lipinski definition) is 2. The van der Waals surface area contributed by atoms with Crippen molar-refractivity contribution in [2.45, 2.75) is 47.0 Å². The van der Waals surface area contributed by atoms with Gasteiger partial charge in [0.1, 0.15) is 11.5 Å². The van der Waals surface area contributed by atoms with E-state index in [4.69, 9.17) is 20.9 Å². The van der Waals surface area contributed by atoms with E-state index in [1.165, 1.54) is 12.6 Å². The van der Waals surface area contributed by atoms with Crippen molar-refractivity contribution in [3.05, 3.63) is 29.5 Å². The Labute approximate surface area is 144 Å². The van der Waals surface area contributed by atoms with Crippen LogP contribution in [-0.2, 0) is 0 Å². The van der Waals surface area contributed by atoms with Crippen molar-refractivity contribution in [3.63, 3.8) is 0 Å². The lowest BCUT2D eigenvalue weighted by molar-refractivity contribution is 0.407. The maximum atomic E-state index is 5.88. The summed E-state index contributed by atoms with van der Waals surface area (Å²) in [5.41, 5.74) is 13.3. The van der Waals surface area contributed by atoms with Crippen molar-refractivity contribution >= 4 is 11.8 Å². The second kappa shape index (κ2) is 8.96. The van der Waals surface area contributed by atoms with Crippen molar-refractivity contribution in [2.75, 3.05) is 18.6 Å². The summed E-state index contributed by atoms with van der Waals surface area (Å²) >= 11 is 0. The fourth-order valence-electron chi connectivity index (χ4n) is 2.03. The van der Waals surface area contributed by atoms with Gasteiger partial charge < -0.3 is 20.9 Å². The van der Waals surface area contributed by atoms with E-state index in [9.17, 15) is 0 Å². The number of aromatic nitrogens is 2. The van der Waals surface area contributed by atoms with Gasteiger partial charge in [0.15, 0.2) is 11.6 Å². The van der Waals surface area contributed by atoms with E-state index in [1.54, 1.807) is 7.11 Å². The Morgan fingerprint density at radius 1 is 1.08 bits per heavy atom. The average molecular weight is 332 g/mol. The smallest absolute Gasteiger partial charge is 0.222 e. The second-order valence-corrected chi connectivity index (χ2v) is 5.80. The Hall–Kier alpha value is -2.50. The summed E-state index contributed by atoms with van der Waals surface area (Å²) in [6, 6.07) is 3.90. The summed E-state index contributed by atoms with van der Waals surface area (Å²) in [6.45, 7) is 10.4. The third-order valence-electron chi connectivity index (χ3n) is 3.17. The molecule has 0 aliphatic heterocycles. The molecule has 6 heteroatoms. The number of nitrogen functional groups attached to an aromatic ring is 2. The molecule has 1 heterocycles. The molecule has 132 valence electrons. The van der Waals surface area contributed by atoms with Gasteiger partial charge in [-0.15, -0.1) is 0 Å². The zero-order valence-corrected chi connectivity index (χ0v) is 15.4. The molecule has 0 atom stereocenters. The van der Waals surface area contributed by atoms with Gasteiger partial charge in [-0.1, -0.05) is 34.1 Å². The Balaban J connectivity index is 0.000000891. The van der Waals surface area contributed by atoms with Crippen LogP contribution in [0.5, 0.6) is 17.2 Å². The topological polar surface area (TPSA) is 96.3 Å². The monoisotopic (exact) mass is 332 g/mol. The van der Waals surface area contributed by atoms with E-state index in [-0.39, 0.29) is 17.7 Å². The molecule has 0 aliphatic rings. The number of nitrogens with zero attached hydrogens (tertiary/aromatic N) is 2. The van der Waals surface area contributed by atoms with Crippen LogP contribution in [0.3, 0.4) is 0 Å². The first-order chi connectivity index (χ1) is 11.3. The van der Waals surface area contributed by atoms with Gasteiger partial charge in [0.2, 0.25) is 5.95 Å². The molecule has 0 aliphatic carbocycles. The van der Waals surface area contributed by atoms with Crippen molar-refractivity contribution in [3.8, 4) is 17.2 Å². The summed E-state index contributed by atoms with van der Waals surface area (Å²) in [6.07, 6.45) is 2.72. The molecule has 0 spiro atoms. The van der Waals surface area contributed by atoms with Gasteiger partial charge >= 0.3 is 0 Å². The molecule has 6 nitrogen and oxygen atoms in total. The molecule has 0 bridgehead atoms. The Morgan fingerprint density at radius 3 is 2.21 bits per heavy atom. The number of anilines is 2. The number of benzene rings is 1. The number of ether oxygens (including phenoxy) is 2. The zero-order valence-electron chi connectivity index (χ0n) is 15.4. The fraction of sp³-hybridized carbons (Fsp3) is 0.444. The van der Waals surface area contributed by atoms with Gasteiger partial charge in [0, 0.05) is 5.56 Å². The molecule has 0 unspecified atom stereocenters. The third-order valence-corrected chi connectivity index (χ3v) is 3.17. The van der Waals surface area contributed by atoms with E-state index in [0.717, 1.165) is 16.9 Å². The van der Waals surface area contributed by atoms with Gasteiger partial charge in [-0.2, -0.15) is 4.98 Å². The van der Waals surface area contributed by atoms with Crippen LogP contribution in [0.4, 0.5) is 11.8 Å². The van der Waals surface area contributed by atoms with Gasteiger partial charge in [0.25, 0.3) is 0 Å². The largest absolute Gasteiger partial charge is 0.496 e. The van der Waals surface area contributed by atoms with Crippen molar-refractivity contribution in [1.29, 1.82) is 0 Å². The number of rotatable bonds is 4. The highest BCUT2D eigenvalue weighted by Gasteiger charge is 2.14. The van der Waals surface area contributed by atoms with Crippen LogP contribution in [0.1, 0.15) is 51.2 Å². The van der Waals surface area contributed by atoms with Crippen LogP contribution >= 0.6 is 0 Å². The molecular formula is C18H28N4O2. The van der Waals surface area contributed by atoms with E-state index < -0.39 is 0 Å². The summed E-state index contributed by atoms with van der Waals surface area (Å²) in [7, 11) is 1.65. The Bertz CT molecular complexity index is 672. The first kappa shape index (κ1) is 19.5. The van der Waals surface area contributed by atoms with E-state index in [2.05, 4.69) is 37.7 Å². The normalized spacial score (nSPS) is 10.1. The average Bonchev–Trinajstić information content (AvgIpc) is 2.50. The highest BCUT2D eigenvalue weighted by molar-refractivity contribution is 5.53. The van der Waals surface area contributed by atoms with Crippen LogP contribution in [-0.4, -0.2) is 17.1 Å². The van der Waals surface area contributed by atoms with Gasteiger partial charge in [-0.05, 0) is 30.5 Å². The predicted molar refractivity (Wildman–Crippen MR) is 98.7 cm³/mol. The van der Waals surface area contributed by atoms with Gasteiger partial charge in [0.05, 0.1) is 13.3 Å². The molecule has 2 aromatic rings. The van der Waals surface area contributed by atoms with Crippen LogP contribution in [0, 0.1) is 6.92 Å². The van der Waals surface area contributed by atoms with Crippen LogP contribution in [0.2, 0.25) is 0 Å². The number of methoxy groups -OCH3 is 1. The van der Waals surface area contributed by atoms with Crippen LogP contribution in [0.25, 0.3) is 0 Å².